The predicted octanol–water partition coefficient (Wildman–Crippen LogP) is 6.75. The number of carbonyl (C=O) groups excluding carboxylic acids is 4. The number of hydrogen-bond donors (Lipinski definition) is 0. The van der Waals surface area contributed by atoms with E-state index in [1.54, 1.807) is 107 Å². The second kappa shape index (κ2) is 22.1. The lowest BCUT2D eigenvalue weighted by Gasteiger charge is -2.44. The first kappa shape index (κ1) is 49.1. The van der Waals surface area contributed by atoms with E-state index in [0.717, 1.165) is 0 Å². The van der Waals surface area contributed by atoms with Crippen molar-refractivity contribution in [2.24, 2.45) is 11.3 Å². The number of hydrogen-bond acceptors (Lipinski definition) is 14. The van der Waals surface area contributed by atoms with Crippen LogP contribution in [0.1, 0.15) is 80.5 Å². The van der Waals surface area contributed by atoms with Crippen molar-refractivity contribution >= 4 is 33.7 Å². The number of benzene rings is 3. The normalized spacial score (nSPS) is 24.3. The zero-order valence-corrected chi connectivity index (χ0v) is 37.7. The molecule has 2 fully saturated rings. The summed E-state index contributed by atoms with van der Waals surface area (Å²) >= 11 is 0. The van der Waals surface area contributed by atoms with Crippen LogP contribution in [-0.4, -0.2) is 114 Å². The molecule has 0 aliphatic carbocycles. The van der Waals surface area contributed by atoms with E-state index in [4.69, 9.17) is 37.9 Å². The minimum absolute atomic E-state index is 0.0355. The second-order valence-corrected chi connectivity index (χ2v) is 19.2. The molecule has 0 radical (unpaired) electrons. The SMILES string of the molecule is C=C1[C@@H](C[C@@H]2O[C@H](CC(COC(=O)c3ccccc3)OC(=O)c3ccccc3)[C@H](OC)C2CS(=O)(=O)c2ccccc2)OC(CCCOC(=O)C(C)(C)C)C[C@@]1(C)OC(=O)COC. The summed E-state index contributed by atoms with van der Waals surface area (Å²) < 4.78 is 75.9. The molecule has 3 aromatic carbocycles. The average molecular weight is 893 g/mol. The number of esters is 4. The van der Waals surface area contributed by atoms with Crippen molar-refractivity contribution in [2.45, 2.75) is 107 Å². The van der Waals surface area contributed by atoms with E-state index >= 15 is 0 Å². The van der Waals surface area contributed by atoms with Gasteiger partial charge in [0.1, 0.15) is 24.9 Å². The van der Waals surface area contributed by atoms with Crippen LogP contribution in [0.3, 0.4) is 0 Å². The average Bonchev–Trinajstić information content (AvgIpc) is 3.57. The van der Waals surface area contributed by atoms with E-state index in [1.807, 2.05) is 0 Å². The fourth-order valence-electron chi connectivity index (χ4n) is 7.89. The van der Waals surface area contributed by atoms with Gasteiger partial charge in [0, 0.05) is 39.4 Å². The molecule has 3 aromatic rings. The lowest BCUT2D eigenvalue weighted by atomic mass is 9.80. The molecule has 5 rings (SSSR count). The van der Waals surface area contributed by atoms with E-state index < -0.39 is 81.3 Å². The molecule has 0 saturated carbocycles. The predicted molar refractivity (Wildman–Crippen MR) is 231 cm³/mol. The molecule has 15 heteroatoms. The van der Waals surface area contributed by atoms with Gasteiger partial charge in [-0.2, -0.15) is 0 Å². The van der Waals surface area contributed by atoms with Crippen LogP contribution < -0.4 is 0 Å². The van der Waals surface area contributed by atoms with Crippen molar-refractivity contribution in [2.75, 3.05) is 39.8 Å². The third kappa shape index (κ3) is 13.5. The Balaban J connectivity index is 1.44. The summed E-state index contributed by atoms with van der Waals surface area (Å²) in [6, 6.07) is 24.8. The molecule has 0 spiro atoms. The summed E-state index contributed by atoms with van der Waals surface area (Å²) in [5.41, 5.74) is -0.856. The van der Waals surface area contributed by atoms with Crippen LogP contribution in [0.5, 0.6) is 0 Å². The standard InChI is InChI=1S/C48H60O14S/c1-32-39(59-35(22-17-25-57-46(52)47(2,3)4)28-48(32,5)62-42(49)30-55-6)27-40-38(31-63(53,54)37-23-15-10-16-24-37)43(56-7)41(61-40)26-36(60-45(51)34-20-13-9-14-21-34)29-58-44(50)33-18-11-8-12-19-33/h8-16,18-21,23-24,35-36,38-41,43H,1,17,22,25-31H2,2-7H3/t35?,36?,38?,39-,40+,41-,43-,48-/m1/s1. The molecule has 3 unspecified atom stereocenters. The van der Waals surface area contributed by atoms with Crippen LogP contribution in [0.4, 0.5) is 0 Å². The van der Waals surface area contributed by atoms with Gasteiger partial charge in [0.25, 0.3) is 0 Å². The third-order valence-corrected chi connectivity index (χ3v) is 13.0. The van der Waals surface area contributed by atoms with Crippen LogP contribution in [0.15, 0.2) is 108 Å². The zero-order chi connectivity index (χ0) is 45.8. The molecule has 2 heterocycles. The molecule has 342 valence electrons. The second-order valence-electron chi connectivity index (χ2n) is 17.1. The Kier molecular flexibility index (Phi) is 17.2. The van der Waals surface area contributed by atoms with Crippen molar-refractivity contribution in [3.05, 3.63) is 114 Å². The van der Waals surface area contributed by atoms with Crippen molar-refractivity contribution in [3.8, 4) is 0 Å². The Morgan fingerprint density at radius 3 is 2.03 bits per heavy atom. The van der Waals surface area contributed by atoms with E-state index in [0.29, 0.717) is 24.0 Å². The zero-order valence-electron chi connectivity index (χ0n) is 36.9. The summed E-state index contributed by atoms with van der Waals surface area (Å²) in [6.45, 7) is 10.9. The number of rotatable bonds is 20. The van der Waals surface area contributed by atoms with Crippen LogP contribution in [0.2, 0.25) is 0 Å². The highest BCUT2D eigenvalue weighted by molar-refractivity contribution is 7.91. The van der Waals surface area contributed by atoms with Gasteiger partial charge in [-0.25, -0.2) is 22.8 Å². The summed E-state index contributed by atoms with van der Waals surface area (Å²) in [4.78, 5) is 52.0. The van der Waals surface area contributed by atoms with Crippen LogP contribution in [0.25, 0.3) is 0 Å². The topological polar surface area (TPSA) is 176 Å². The van der Waals surface area contributed by atoms with E-state index in [-0.39, 0.29) is 61.3 Å². The molecular weight excluding hydrogens is 833 g/mol. The molecule has 63 heavy (non-hydrogen) atoms. The highest BCUT2D eigenvalue weighted by Crippen LogP contribution is 2.43. The Morgan fingerprint density at radius 1 is 0.841 bits per heavy atom. The Bertz CT molecular complexity index is 2100. The maximum atomic E-state index is 14.1. The Hall–Kier alpha value is -4.93. The minimum Gasteiger partial charge on any atom is -0.465 e. The van der Waals surface area contributed by atoms with Crippen molar-refractivity contribution in [3.63, 3.8) is 0 Å². The first-order valence-electron chi connectivity index (χ1n) is 21.1. The van der Waals surface area contributed by atoms with Crippen molar-refractivity contribution in [1.82, 2.24) is 0 Å². The molecule has 8 atom stereocenters. The van der Waals surface area contributed by atoms with Gasteiger partial charge in [0.2, 0.25) is 0 Å². The quantitative estimate of drug-likeness (QED) is 0.0504. The molecule has 0 N–H and O–H groups in total. The van der Waals surface area contributed by atoms with Gasteiger partial charge < -0.3 is 37.9 Å². The summed E-state index contributed by atoms with van der Waals surface area (Å²) in [5, 5.41) is 0. The van der Waals surface area contributed by atoms with Crippen LogP contribution >= 0.6 is 0 Å². The van der Waals surface area contributed by atoms with Gasteiger partial charge in [-0.05, 0) is 82.5 Å². The molecule has 2 aliphatic heterocycles. The van der Waals surface area contributed by atoms with Crippen molar-refractivity contribution in [1.29, 1.82) is 0 Å². The first-order valence-corrected chi connectivity index (χ1v) is 22.8. The number of sulfone groups is 1. The lowest BCUT2D eigenvalue weighted by Crippen LogP contribution is -2.50. The van der Waals surface area contributed by atoms with Gasteiger partial charge in [-0.1, -0.05) is 61.2 Å². The van der Waals surface area contributed by atoms with E-state index in [9.17, 15) is 27.6 Å². The molecule has 0 bridgehead atoms. The largest absolute Gasteiger partial charge is 0.465 e. The smallest absolute Gasteiger partial charge is 0.338 e. The number of methoxy groups -OCH3 is 2. The Morgan fingerprint density at radius 2 is 1.44 bits per heavy atom. The summed E-state index contributed by atoms with van der Waals surface area (Å²) in [6.07, 6.45) is -3.71. The summed E-state index contributed by atoms with van der Waals surface area (Å²) in [7, 11) is -1.08. The fourth-order valence-corrected chi connectivity index (χ4v) is 9.57. The molecule has 14 nitrogen and oxygen atoms in total. The molecule has 0 amide bonds. The summed E-state index contributed by atoms with van der Waals surface area (Å²) in [5.74, 6) is -3.39. The molecule has 2 saturated heterocycles. The van der Waals surface area contributed by atoms with Crippen molar-refractivity contribution < 1.29 is 65.5 Å². The minimum atomic E-state index is -3.92. The van der Waals surface area contributed by atoms with Gasteiger partial charge in [0.15, 0.2) is 9.84 Å². The number of carbonyl (C=O) groups is 4. The number of ether oxygens (including phenoxy) is 8. The monoisotopic (exact) mass is 892 g/mol. The van der Waals surface area contributed by atoms with Gasteiger partial charge >= 0.3 is 23.9 Å². The molecule has 0 aromatic heterocycles. The first-order chi connectivity index (χ1) is 29.9. The van der Waals surface area contributed by atoms with Gasteiger partial charge in [-0.15, -0.1) is 0 Å². The Labute approximate surface area is 370 Å². The fraction of sp³-hybridized carbons (Fsp3) is 0.500. The van der Waals surface area contributed by atoms with E-state index in [2.05, 4.69) is 6.58 Å². The molecular formula is C48H60O14S. The lowest BCUT2D eigenvalue weighted by molar-refractivity contribution is -0.173. The van der Waals surface area contributed by atoms with Gasteiger partial charge in [0.05, 0.1) is 64.3 Å². The highest BCUT2D eigenvalue weighted by atomic mass is 32.2. The highest BCUT2D eigenvalue weighted by Gasteiger charge is 2.51. The van der Waals surface area contributed by atoms with Gasteiger partial charge in [-0.3, -0.25) is 4.79 Å². The maximum Gasteiger partial charge on any atom is 0.338 e. The maximum absolute atomic E-state index is 14.1. The van der Waals surface area contributed by atoms with E-state index in [1.165, 1.54) is 26.4 Å². The van der Waals surface area contributed by atoms with Crippen LogP contribution in [0, 0.1) is 11.3 Å². The third-order valence-electron chi connectivity index (χ3n) is 11.2. The molecule has 2 aliphatic rings. The van der Waals surface area contributed by atoms with Crippen LogP contribution in [-0.2, 0) is 57.3 Å².